The zero-order valence-electron chi connectivity index (χ0n) is 12.1. The van der Waals surface area contributed by atoms with Crippen molar-refractivity contribution in [3.8, 4) is 0 Å². The van der Waals surface area contributed by atoms with Gasteiger partial charge in [-0.2, -0.15) is 0 Å². The summed E-state index contributed by atoms with van der Waals surface area (Å²) in [7, 11) is 0. The predicted octanol–water partition coefficient (Wildman–Crippen LogP) is 1.74. The van der Waals surface area contributed by atoms with E-state index in [9.17, 15) is 4.79 Å². The Balaban J connectivity index is 1.82. The van der Waals surface area contributed by atoms with E-state index >= 15 is 0 Å². The third kappa shape index (κ3) is 3.89. The number of hydrogen-bond acceptors (Lipinski definition) is 7. The summed E-state index contributed by atoms with van der Waals surface area (Å²) in [6, 6.07) is 0. The van der Waals surface area contributed by atoms with E-state index in [1.165, 1.54) is 11.5 Å². The molecule has 20 heavy (non-hydrogen) atoms. The minimum Gasteiger partial charge on any atom is -0.466 e. The van der Waals surface area contributed by atoms with Crippen molar-refractivity contribution in [2.45, 2.75) is 33.2 Å². The number of nitrogens with one attached hydrogen (secondary N) is 1. The number of carbonyl (C=O) groups is 1. The lowest BCUT2D eigenvalue weighted by molar-refractivity contribution is -0.149. The van der Waals surface area contributed by atoms with Gasteiger partial charge in [0.25, 0.3) is 0 Å². The summed E-state index contributed by atoms with van der Waals surface area (Å²) in [5, 5.41) is 8.52. The standard InChI is InChI=1S/C13H22N4O2S/c1-3-14-12-11(15-16-20-12)9-17-7-5-10(6-8-17)13(18)19-4-2/h10,14H,3-9H2,1-2H3. The van der Waals surface area contributed by atoms with Gasteiger partial charge in [-0.25, -0.2) is 0 Å². The summed E-state index contributed by atoms with van der Waals surface area (Å²) in [5.74, 6) is 0.0174. The first-order valence-corrected chi connectivity index (χ1v) is 7.96. The van der Waals surface area contributed by atoms with Gasteiger partial charge in [0.05, 0.1) is 12.5 Å². The van der Waals surface area contributed by atoms with Gasteiger partial charge >= 0.3 is 5.97 Å². The number of ether oxygens (including phenoxy) is 1. The molecule has 0 spiro atoms. The zero-order valence-corrected chi connectivity index (χ0v) is 12.9. The van der Waals surface area contributed by atoms with Gasteiger partial charge in [-0.3, -0.25) is 9.69 Å². The molecule has 0 saturated carbocycles. The Morgan fingerprint density at radius 3 is 2.85 bits per heavy atom. The summed E-state index contributed by atoms with van der Waals surface area (Å²) in [6.07, 6.45) is 1.74. The van der Waals surface area contributed by atoms with Crippen LogP contribution < -0.4 is 5.32 Å². The number of aromatic nitrogens is 2. The summed E-state index contributed by atoms with van der Waals surface area (Å²) in [5.41, 5.74) is 1.01. The van der Waals surface area contributed by atoms with Crippen LogP contribution >= 0.6 is 11.5 Å². The second-order valence-electron chi connectivity index (χ2n) is 4.88. The fourth-order valence-corrected chi connectivity index (χ4v) is 3.05. The van der Waals surface area contributed by atoms with Crippen molar-refractivity contribution >= 4 is 22.5 Å². The van der Waals surface area contributed by atoms with Gasteiger partial charge in [-0.15, -0.1) is 5.10 Å². The van der Waals surface area contributed by atoms with E-state index in [0.29, 0.717) is 6.61 Å². The Bertz CT molecular complexity index is 430. The average molecular weight is 298 g/mol. The number of rotatable bonds is 6. The molecule has 1 saturated heterocycles. The molecule has 2 rings (SSSR count). The third-order valence-electron chi connectivity index (χ3n) is 3.47. The van der Waals surface area contributed by atoms with Crippen LogP contribution in [-0.2, 0) is 16.1 Å². The maximum absolute atomic E-state index is 11.7. The lowest BCUT2D eigenvalue weighted by atomic mass is 9.97. The maximum Gasteiger partial charge on any atom is 0.309 e. The molecule has 1 N–H and O–H groups in total. The molecule has 0 aromatic carbocycles. The monoisotopic (exact) mass is 298 g/mol. The van der Waals surface area contributed by atoms with Gasteiger partial charge in [0.15, 0.2) is 0 Å². The second kappa shape index (κ2) is 7.54. The van der Waals surface area contributed by atoms with Gasteiger partial charge in [0, 0.05) is 24.6 Å². The van der Waals surface area contributed by atoms with Gasteiger partial charge < -0.3 is 10.1 Å². The van der Waals surface area contributed by atoms with E-state index in [2.05, 4.69) is 26.7 Å². The smallest absolute Gasteiger partial charge is 0.309 e. The number of anilines is 1. The zero-order chi connectivity index (χ0) is 14.4. The van der Waals surface area contributed by atoms with E-state index in [-0.39, 0.29) is 11.9 Å². The van der Waals surface area contributed by atoms with Gasteiger partial charge in [0.2, 0.25) is 0 Å². The van der Waals surface area contributed by atoms with Gasteiger partial charge in [-0.05, 0) is 39.8 Å². The Hall–Kier alpha value is -1.21. The number of esters is 1. The van der Waals surface area contributed by atoms with Crippen molar-refractivity contribution in [1.82, 2.24) is 14.5 Å². The molecule has 1 aromatic heterocycles. The van der Waals surface area contributed by atoms with Gasteiger partial charge in [0.1, 0.15) is 10.7 Å². The summed E-state index contributed by atoms with van der Waals surface area (Å²) in [4.78, 5) is 14.0. The van der Waals surface area contributed by atoms with Crippen LogP contribution in [0.2, 0.25) is 0 Å². The van der Waals surface area contributed by atoms with Crippen LogP contribution in [0.25, 0.3) is 0 Å². The lowest BCUT2D eigenvalue weighted by Gasteiger charge is -2.30. The van der Waals surface area contributed by atoms with Crippen LogP contribution in [0.1, 0.15) is 32.4 Å². The SMILES string of the molecule is CCNc1snnc1CN1CCC(C(=O)OCC)CC1. The topological polar surface area (TPSA) is 67.4 Å². The lowest BCUT2D eigenvalue weighted by Crippen LogP contribution is -2.36. The van der Waals surface area contributed by atoms with Crippen LogP contribution in [0.4, 0.5) is 5.00 Å². The molecule has 0 aliphatic carbocycles. The minimum absolute atomic E-state index is 0.0455. The highest BCUT2D eigenvalue weighted by atomic mass is 32.1. The second-order valence-corrected chi connectivity index (χ2v) is 5.64. The van der Waals surface area contributed by atoms with Crippen molar-refractivity contribution in [1.29, 1.82) is 0 Å². The van der Waals surface area contributed by atoms with E-state index < -0.39 is 0 Å². The van der Waals surface area contributed by atoms with E-state index in [1.54, 1.807) is 0 Å². The highest BCUT2D eigenvalue weighted by Gasteiger charge is 2.26. The van der Waals surface area contributed by atoms with Crippen LogP contribution in [0, 0.1) is 5.92 Å². The van der Waals surface area contributed by atoms with Crippen molar-refractivity contribution in [3.05, 3.63) is 5.69 Å². The summed E-state index contributed by atoms with van der Waals surface area (Å²) in [6.45, 7) is 7.88. The molecule has 0 unspecified atom stereocenters. The number of likely N-dealkylation sites (tertiary alicyclic amines) is 1. The molecule has 0 atom stereocenters. The number of nitrogens with zero attached hydrogens (tertiary/aromatic N) is 3. The Labute approximate surface area is 123 Å². The summed E-state index contributed by atoms with van der Waals surface area (Å²) >= 11 is 1.40. The highest BCUT2D eigenvalue weighted by Crippen LogP contribution is 2.23. The molecule has 0 radical (unpaired) electrons. The number of hydrogen-bond donors (Lipinski definition) is 1. The third-order valence-corrected chi connectivity index (χ3v) is 4.20. The predicted molar refractivity (Wildman–Crippen MR) is 78.7 cm³/mol. The van der Waals surface area contributed by atoms with E-state index in [4.69, 9.17) is 4.74 Å². The van der Waals surface area contributed by atoms with Gasteiger partial charge in [-0.1, -0.05) is 4.49 Å². The Morgan fingerprint density at radius 1 is 1.45 bits per heavy atom. The molecular formula is C13H22N4O2S. The molecule has 0 bridgehead atoms. The largest absolute Gasteiger partial charge is 0.466 e. The first kappa shape index (κ1) is 15.2. The normalized spacial score (nSPS) is 17.1. The molecule has 1 aliphatic rings. The molecule has 7 heteroatoms. The van der Waals surface area contributed by atoms with Crippen molar-refractivity contribution in [2.75, 3.05) is 31.6 Å². The first-order chi connectivity index (χ1) is 9.74. The molecule has 1 aromatic rings. The van der Waals surface area contributed by atoms with Crippen molar-refractivity contribution in [3.63, 3.8) is 0 Å². The van der Waals surface area contributed by atoms with Crippen molar-refractivity contribution < 1.29 is 9.53 Å². The van der Waals surface area contributed by atoms with E-state index in [1.807, 2.05) is 6.92 Å². The fraction of sp³-hybridized carbons (Fsp3) is 0.769. The molecule has 112 valence electrons. The van der Waals surface area contributed by atoms with Crippen LogP contribution in [0.5, 0.6) is 0 Å². The molecule has 0 amide bonds. The quantitative estimate of drug-likeness (QED) is 0.807. The maximum atomic E-state index is 11.7. The van der Waals surface area contributed by atoms with Crippen molar-refractivity contribution in [2.24, 2.45) is 5.92 Å². The highest BCUT2D eigenvalue weighted by molar-refractivity contribution is 7.10. The Kier molecular flexibility index (Phi) is 5.72. The first-order valence-electron chi connectivity index (χ1n) is 7.18. The average Bonchev–Trinajstić information content (AvgIpc) is 2.88. The fourth-order valence-electron chi connectivity index (χ4n) is 2.41. The van der Waals surface area contributed by atoms with Crippen LogP contribution in [-0.4, -0.2) is 46.7 Å². The van der Waals surface area contributed by atoms with E-state index in [0.717, 1.165) is 49.7 Å². The molecule has 1 aliphatic heterocycles. The Morgan fingerprint density at radius 2 is 2.20 bits per heavy atom. The molecule has 6 nitrogen and oxygen atoms in total. The molecule has 2 heterocycles. The minimum atomic E-state index is -0.0455. The van der Waals surface area contributed by atoms with Crippen LogP contribution in [0.15, 0.2) is 0 Å². The van der Waals surface area contributed by atoms with Crippen LogP contribution in [0.3, 0.4) is 0 Å². The number of carbonyl (C=O) groups excluding carboxylic acids is 1. The summed E-state index contributed by atoms with van der Waals surface area (Å²) < 4.78 is 9.09. The molecule has 1 fully saturated rings. The number of piperidine rings is 1. The molecular weight excluding hydrogens is 276 g/mol.